The first-order chi connectivity index (χ1) is 12.8. The molecule has 2 aromatic rings. The van der Waals surface area contributed by atoms with Gasteiger partial charge >= 0.3 is 161 Å². The molecule has 2 aliphatic carbocycles. The molecule has 0 spiro atoms. The summed E-state index contributed by atoms with van der Waals surface area (Å²) in [6, 6.07) is 30.8. The van der Waals surface area contributed by atoms with Gasteiger partial charge in [0.1, 0.15) is 0 Å². The third kappa shape index (κ3) is 3.25. The van der Waals surface area contributed by atoms with Gasteiger partial charge in [-0.2, -0.15) is 0 Å². The zero-order valence-electron chi connectivity index (χ0n) is 13.9. The van der Waals surface area contributed by atoms with E-state index in [-0.39, 0.29) is 0 Å². The van der Waals surface area contributed by atoms with Crippen molar-refractivity contribution in [2.24, 2.45) is 0 Å². The maximum absolute atomic E-state index is 13.3. The van der Waals surface area contributed by atoms with Crippen LogP contribution in [0.2, 0.25) is 0 Å². The van der Waals surface area contributed by atoms with E-state index in [1.165, 1.54) is 0 Å². The van der Waals surface area contributed by atoms with Crippen LogP contribution in [0.3, 0.4) is 0 Å². The van der Waals surface area contributed by atoms with Crippen molar-refractivity contribution in [1.29, 1.82) is 0 Å². The van der Waals surface area contributed by atoms with Gasteiger partial charge in [0, 0.05) is 0 Å². The first kappa shape index (κ1) is 17.2. The molecule has 2 aromatic carbocycles. The Morgan fingerprint density at radius 2 is 0.808 bits per heavy atom. The SMILES string of the molecule is O=[Se](c1ccccc1)c1cc([Se](=O)c2ccccc2)c2cccccc1-2. The minimum absolute atomic E-state index is 0.818. The molecule has 26 heavy (non-hydrogen) atoms. The Labute approximate surface area is 161 Å². The minimum atomic E-state index is -2.43. The number of hydrogen-bond donors (Lipinski definition) is 0. The summed E-state index contributed by atoms with van der Waals surface area (Å²) in [6.07, 6.45) is 0. The fraction of sp³-hybridized carbons (Fsp3) is 0. The molecule has 0 heterocycles. The van der Waals surface area contributed by atoms with Gasteiger partial charge < -0.3 is 0 Å². The van der Waals surface area contributed by atoms with Crippen molar-refractivity contribution in [2.45, 2.75) is 0 Å². The van der Waals surface area contributed by atoms with Gasteiger partial charge in [0.05, 0.1) is 0 Å². The van der Waals surface area contributed by atoms with E-state index in [1.807, 2.05) is 97.1 Å². The van der Waals surface area contributed by atoms with Crippen LogP contribution in [0, 0.1) is 0 Å². The number of fused-ring (bicyclic) bond motifs is 1. The Morgan fingerprint density at radius 3 is 1.19 bits per heavy atom. The van der Waals surface area contributed by atoms with Crippen molar-refractivity contribution >= 4 is 45.5 Å². The van der Waals surface area contributed by atoms with Crippen LogP contribution in [0.5, 0.6) is 0 Å². The summed E-state index contributed by atoms with van der Waals surface area (Å²) in [7, 11) is 0. The van der Waals surface area contributed by atoms with Gasteiger partial charge in [-0.05, 0) is 0 Å². The molecule has 0 saturated carbocycles. The second kappa shape index (κ2) is 7.57. The van der Waals surface area contributed by atoms with E-state index in [0.717, 1.165) is 29.0 Å². The normalized spacial score (nSPS) is 13.4. The van der Waals surface area contributed by atoms with Crippen molar-refractivity contribution in [2.75, 3.05) is 0 Å². The number of benzene rings is 2. The molecule has 0 bridgehead atoms. The Hall–Kier alpha value is -2.22. The summed E-state index contributed by atoms with van der Waals surface area (Å²) in [5.41, 5.74) is 1.88. The third-order valence-electron chi connectivity index (χ3n) is 4.15. The molecule has 0 radical (unpaired) electrons. The van der Waals surface area contributed by atoms with Gasteiger partial charge in [-0.1, -0.05) is 0 Å². The standard InChI is InChI=1S/C22H16O2Se2/c23-25(17-10-4-1-5-11-17)21-16-22(20-15-9-3-8-14-19(20)21)26(24)18-12-6-2-7-13-18/h1-16H. The average Bonchev–Trinajstić information content (AvgIpc) is 2.89. The van der Waals surface area contributed by atoms with Crippen LogP contribution in [0.15, 0.2) is 97.1 Å². The van der Waals surface area contributed by atoms with E-state index in [1.54, 1.807) is 0 Å². The molecule has 4 heteroatoms. The molecule has 2 unspecified atom stereocenters. The van der Waals surface area contributed by atoms with E-state index < -0.39 is 27.7 Å². The Morgan fingerprint density at radius 1 is 0.462 bits per heavy atom. The van der Waals surface area contributed by atoms with Crippen LogP contribution in [0.25, 0.3) is 11.1 Å². The molecule has 2 aliphatic rings. The molecule has 0 saturated heterocycles. The molecule has 128 valence electrons. The van der Waals surface area contributed by atoms with Crippen molar-refractivity contribution in [3.8, 4) is 11.1 Å². The summed E-state index contributed by atoms with van der Waals surface area (Å²) in [6.45, 7) is 0. The fourth-order valence-electron chi connectivity index (χ4n) is 2.90. The van der Waals surface area contributed by atoms with Crippen molar-refractivity contribution in [3.05, 3.63) is 97.1 Å². The predicted octanol–water partition coefficient (Wildman–Crippen LogP) is 1.86. The summed E-state index contributed by atoms with van der Waals surface area (Å²) < 4.78 is 29.8. The number of rotatable bonds is 4. The van der Waals surface area contributed by atoms with Gasteiger partial charge in [0.2, 0.25) is 0 Å². The predicted molar refractivity (Wildman–Crippen MR) is 107 cm³/mol. The quantitative estimate of drug-likeness (QED) is 0.427. The molecular weight excluding hydrogens is 454 g/mol. The molecule has 0 aromatic heterocycles. The average molecular weight is 470 g/mol. The summed E-state index contributed by atoms with van der Waals surface area (Å²) in [4.78, 5) is 0. The van der Waals surface area contributed by atoms with Crippen LogP contribution < -0.4 is 17.8 Å². The molecule has 4 rings (SSSR count). The van der Waals surface area contributed by atoms with Crippen LogP contribution in [0.1, 0.15) is 0 Å². The summed E-state index contributed by atoms with van der Waals surface area (Å²) in [5.74, 6) is 0. The van der Waals surface area contributed by atoms with Crippen molar-refractivity contribution < 1.29 is 7.67 Å². The van der Waals surface area contributed by atoms with E-state index in [4.69, 9.17) is 0 Å². The van der Waals surface area contributed by atoms with Crippen LogP contribution in [-0.2, 0) is 7.67 Å². The second-order valence-corrected chi connectivity index (χ2v) is 11.9. The molecule has 2 atom stereocenters. The van der Waals surface area contributed by atoms with Gasteiger partial charge in [-0.15, -0.1) is 0 Å². The molecule has 0 N–H and O–H groups in total. The summed E-state index contributed by atoms with van der Waals surface area (Å²) in [5, 5.41) is 0. The van der Waals surface area contributed by atoms with E-state index >= 15 is 0 Å². The van der Waals surface area contributed by atoms with Crippen LogP contribution >= 0.6 is 0 Å². The first-order valence-electron chi connectivity index (χ1n) is 8.21. The summed E-state index contributed by atoms with van der Waals surface area (Å²) >= 11 is -4.85. The molecule has 2 nitrogen and oxygen atoms in total. The van der Waals surface area contributed by atoms with E-state index in [9.17, 15) is 7.67 Å². The zero-order valence-corrected chi connectivity index (χ0v) is 17.3. The van der Waals surface area contributed by atoms with Gasteiger partial charge in [-0.3, -0.25) is 0 Å². The monoisotopic (exact) mass is 472 g/mol. The fourth-order valence-corrected chi connectivity index (χ4v) is 8.57. The van der Waals surface area contributed by atoms with Crippen LogP contribution in [0.4, 0.5) is 0 Å². The van der Waals surface area contributed by atoms with Gasteiger partial charge in [0.15, 0.2) is 0 Å². The van der Waals surface area contributed by atoms with E-state index in [0.29, 0.717) is 0 Å². The molecular formula is C22H16O2Se2. The molecule has 0 amide bonds. The van der Waals surface area contributed by atoms with Gasteiger partial charge in [-0.25, -0.2) is 0 Å². The van der Waals surface area contributed by atoms with E-state index in [2.05, 4.69) is 0 Å². The number of hydrogen-bond acceptors (Lipinski definition) is 2. The molecule has 0 fully saturated rings. The molecule has 0 aliphatic heterocycles. The van der Waals surface area contributed by atoms with Gasteiger partial charge in [0.25, 0.3) is 0 Å². The maximum atomic E-state index is 13.3. The van der Waals surface area contributed by atoms with Crippen molar-refractivity contribution in [1.82, 2.24) is 0 Å². The Bertz CT molecular complexity index is 976. The Kier molecular flexibility index (Phi) is 5.01. The first-order valence-corrected chi connectivity index (χ1v) is 13.0. The second-order valence-electron chi connectivity index (χ2n) is 5.77. The third-order valence-corrected chi connectivity index (χ3v) is 10.2. The Balaban J connectivity index is 1.88. The van der Waals surface area contributed by atoms with Crippen molar-refractivity contribution in [3.63, 3.8) is 0 Å². The topological polar surface area (TPSA) is 34.1 Å². The van der Waals surface area contributed by atoms with Crippen LogP contribution in [-0.4, -0.2) is 27.7 Å². The zero-order chi connectivity index (χ0) is 17.9.